The lowest BCUT2D eigenvalue weighted by molar-refractivity contribution is -0.125. The Kier molecular flexibility index (Phi) is 3.82. The van der Waals surface area contributed by atoms with Crippen molar-refractivity contribution in [3.63, 3.8) is 0 Å². The van der Waals surface area contributed by atoms with Gasteiger partial charge < -0.3 is 9.64 Å². The average molecular weight is 248 g/mol. The van der Waals surface area contributed by atoms with Crippen molar-refractivity contribution in [1.82, 2.24) is 10.2 Å². The van der Waals surface area contributed by atoms with Gasteiger partial charge >= 0.3 is 6.03 Å². The zero-order chi connectivity index (χ0) is 13.0. The standard InChI is InChI=1S/C13H16N2O3/c1-10-9-15(13(17)14-12(10)16)7-8-18-11-5-3-2-4-6-11/h2-6,10H,7-9H2,1H3,(H,14,16,17). The number of nitrogens with zero attached hydrogens (tertiary/aromatic N) is 1. The van der Waals surface area contributed by atoms with Crippen LogP contribution in [0.1, 0.15) is 6.92 Å². The number of para-hydroxylation sites is 1. The number of carbonyl (C=O) groups is 2. The summed E-state index contributed by atoms with van der Waals surface area (Å²) in [6.45, 7) is 3.13. The predicted molar refractivity (Wildman–Crippen MR) is 66.2 cm³/mol. The minimum absolute atomic E-state index is 0.167. The minimum atomic E-state index is -0.338. The van der Waals surface area contributed by atoms with E-state index in [1.165, 1.54) is 0 Å². The molecule has 1 unspecified atom stereocenters. The fourth-order valence-electron chi connectivity index (χ4n) is 1.79. The van der Waals surface area contributed by atoms with Crippen LogP contribution >= 0.6 is 0 Å². The van der Waals surface area contributed by atoms with Gasteiger partial charge in [0, 0.05) is 6.54 Å². The molecule has 0 radical (unpaired) electrons. The molecule has 1 fully saturated rings. The van der Waals surface area contributed by atoms with Crippen LogP contribution in [0.5, 0.6) is 5.75 Å². The van der Waals surface area contributed by atoms with E-state index in [0.717, 1.165) is 5.75 Å². The summed E-state index contributed by atoms with van der Waals surface area (Å²) in [5, 5.41) is 2.32. The van der Waals surface area contributed by atoms with E-state index in [9.17, 15) is 9.59 Å². The highest BCUT2D eigenvalue weighted by molar-refractivity contribution is 5.97. The normalized spacial score (nSPS) is 19.6. The lowest BCUT2D eigenvalue weighted by atomic mass is 10.1. The van der Waals surface area contributed by atoms with Crippen molar-refractivity contribution in [3.8, 4) is 5.75 Å². The number of hydrogen-bond donors (Lipinski definition) is 1. The maximum Gasteiger partial charge on any atom is 0.324 e. The second-order valence-corrected chi connectivity index (χ2v) is 4.30. The second-order valence-electron chi connectivity index (χ2n) is 4.30. The Morgan fingerprint density at radius 1 is 1.33 bits per heavy atom. The SMILES string of the molecule is CC1CN(CCOc2ccccc2)C(=O)NC1=O. The molecule has 1 aliphatic rings. The summed E-state index contributed by atoms with van der Waals surface area (Å²) in [5.74, 6) is 0.402. The van der Waals surface area contributed by atoms with Crippen LogP contribution in [0.2, 0.25) is 0 Å². The first-order valence-corrected chi connectivity index (χ1v) is 5.94. The van der Waals surface area contributed by atoms with Gasteiger partial charge in [0.05, 0.1) is 12.5 Å². The van der Waals surface area contributed by atoms with Crippen molar-refractivity contribution >= 4 is 11.9 Å². The highest BCUT2D eigenvalue weighted by Crippen LogP contribution is 2.10. The van der Waals surface area contributed by atoms with E-state index >= 15 is 0 Å². The van der Waals surface area contributed by atoms with Gasteiger partial charge in [-0.1, -0.05) is 25.1 Å². The molecule has 0 aliphatic carbocycles. The number of hydrogen-bond acceptors (Lipinski definition) is 3. The third kappa shape index (κ3) is 3.00. The van der Waals surface area contributed by atoms with Gasteiger partial charge in [-0.25, -0.2) is 4.79 Å². The molecule has 3 amide bonds. The fraction of sp³-hybridized carbons (Fsp3) is 0.385. The van der Waals surface area contributed by atoms with Gasteiger partial charge in [-0.05, 0) is 12.1 Å². The van der Waals surface area contributed by atoms with Gasteiger partial charge in [-0.15, -0.1) is 0 Å². The zero-order valence-electron chi connectivity index (χ0n) is 10.3. The molecule has 1 aromatic carbocycles. The molecule has 2 rings (SSSR count). The number of carbonyl (C=O) groups excluding carboxylic acids is 2. The van der Waals surface area contributed by atoms with Gasteiger partial charge in [0.15, 0.2) is 0 Å². The Balaban J connectivity index is 1.80. The summed E-state index contributed by atoms with van der Waals surface area (Å²) in [4.78, 5) is 24.4. The molecule has 1 saturated heterocycles. The van der Waals surface area contributed by atoms with Crippen LogP contribution in [0.25, 0.3) is 0 Å². The van der Waals surface area contributed by atoms with Gasteiger partial charge in [-0.3, -0.25) is 10.1 Å². The topological polar surface area (TPSA) is 58.6 Å². The summed E-state index contributed by atoms with van der Waals surface area (Å²) >= 11 is 0. The maximum atomic E-state index is 11.5. The third-order valence-electron chi connectivity index (χ3n) is 2.83. The molecule has 1 atom stereocenters. The summed E-state index contributed by atoms with van der Waals surface area (Å²) in [6.07, 6.45) is 0. The van der Waals surface area contributed by atoms with Crippen LogP contribution < -0.4 is 10.1 Å². The number of ether oxygens (including phenoxy) is 1. The van der Waals surface area contributed by atoms with Gasteiger partial charge in [0.25, 0.3) is 0 Å². The van der Waals surface area contributed by atoms with Gasteiger partial charge in [0.2, 0.25) is 5.91 Å². The van der Waals surface area contributed by atoms with E-state index in [4.69, 9.17) is 4.74 Å². The van der Waals surface area contributed by atoms with E-state index in [2.05, 4.69) is 5.32 Å². The first kappa shape index (κ1) is 12.4. The molecule has 0 bridgehead atoms. The van der Waals surface area contributed by atoms with Crippen LogP contribution in [0, 0.1) is 5.92 Å². The van der Waals surface area contributed by atoms with Gasteiger partial charge in [-0.2, -0.15) is 0 Å². The quantitative estimate of drug-likeness (QED) is 0.872. The second kappa shape index (κ2) is 5.53. The molecular formula is C13H16N2O3. The van der Waals surface area contributed by atoms with Crippen LogP contribution in [0.3, 0.4) is 0 Å². The Morgan fingerprint density at radius 2 is 2.06 bits per heavy atom. The minimum Gasteiger partial charge on any atom is -0.492 e. The molecule has 5 heteroatoms. The number of urea groups is 1. The van der Waals surface area contributed by atoms with E-state index < -0.39 is 0 Å². The number of nitrogens with one attached hydrogen (secondary N) is 1. The lowest BCUT2D eigenvalue weighted by Crippen LogP contribution is -2.54. The van der Waals surface area contributed by atoms with Crippen LogP contribution in [-0.2, 0) is 4.79 Å². The Morgan fingerprint density at radius 3 is 2.78 bits per heavy atom. The number of rotatable bonds is 4. The summed E-state index contributed by atoms with van der Waals surface area (Å²) in [6, 6.07) is 9.09. The van der Waals surface area contributed by atoms with Crippen molar-refractivity contribution in [2.45, 2.75) is 6.92 Å². The highest BCUT2D eigenvalue weighted by atomic mass is 16.5. The molecule has 5 nitrogen and oxygen atoms in total. The van der Waals surface area contributed by atoms with Gasteiger partial charge in [0.1, 0.15) is 12.4 Å². The van der Waals surface area contributed by atoms with E-state index in [1.807, 2.05) is 30.3 Å². The Bertz CT molecular complexity index is 433. The van der Waals surface area contributed by atoms with Crippen LogP contribution in [-0.4, -0.2) is 36.5 Å². The zero-order valence-corrected chi connectivity index (χ0v) is 10.3. The molecule has 1 aliphatic heterocycles. The first-order valence-electron chi connectivity index (χ1n) is 5.94. The van der Waals surface area contributed by atoms with Crippen molar-refractivity contribution in [3.05, 3.63) is 30.3 Å². The number of benzene rings is 1. The van der Waals surface area contributed by atoms with E-state index in [1.54, 1.807) is 11.8 Å². The summed E-state index contributed by atoms with van der Waals surface area (Å²) < 4.78 is 5.51. The smallest absolute Gasteiger partial charge is 0.324 e. The average Bonchev–Trinajstić information content (AvgIpc) is 2.37. The summed E-state index contributed by atoms with van der Waals surface area (Å²) in [7, 11) is 0. The Labute approximate surface area is 106 Å². The van der Waals surface area contributed by atoms with Crippen LogP contribution in [0.15, 0.2) is 30.3 Å². The van der Waals surface area contributed by atoms with Crippen molar-refractivity contribution in [2.75, 3.05) is 19.7 Å². The Hall–Kier alpha value is -2.04. The van der Waals surface area contributed by atoms with Crippen molar-refractivity contribution in [1.29, 1.82) is 0 Å². The molecule has 96 valence electrons. The van der Waals surface area contributed by atoms with E-state index in [0.29, 0.717) is 19.7 Å². The molecule has 1 N–H and O–H groups in total. The number of imide groups is 1. The monoisotopic (exact) mass is 248 g/mol. The molecule has 1 aromatic rings. The maximum absolute atomic E-state index is 11.5. The third-order valence-corrected chi connectivity index (χ3v) is 2.83. The molecule has 0 spiro atoms. The molecule has 0 aromatic heterocycles. The fourth-order valence-corrected chi connectivity index (χ4v) is 1.79. The van der Waals surface area contributed by atoms with Crippen molar-refractivity contribution < 1.29 is 14.3 Å². The van der Waals surface area contributed by atoms with Crippen molar-refractivity contribution in [2.24, 2.45) is 5.92 Å². The first-order chi connectivity index (χ1) is 8.66. The lowest BCUT2D eigenvalue weighted by Gasteiger charge is -2.30. The molecule has 1 heterocycles. The highest BCUT2D eigenvalue weighted by Gasteiger charge is 2.28. The molecule has 0 saturated carbocycles. The van der Waals surface area contributed by atoms with E-state index in [-0.39, 0.29) is 17.9 Å². The summed E-state index contributed by atoms with van der Waals surface area (Å²) in [5.41, 5.74) is 0. The largest absolute Gasteiger partial charge is 0.492 e. The predicted octanol–water partition coefficient (Wildman–Crippen LogP) is 1.25. The van der Waals surface area contributed by atoms with Crippen LogP contribution in [0.4, 0.5) is 4.79 Å². The molecule has 18 heavy (non-hydrogen) atoms. The number of amides is 3. The molecular weight excluding hydrogens is 232 g/mol.